The van der Waals surface area contributed by atoms with Gasteiger partial charge < -0.3 is 5.32 Å². The lowest BCUT2D eigenvalue weighted by Gasteiger charge is -2.09. The Labute approximate surface area is 118 Å². The summed E-state index contributed by atoms with van der Waals surface area (Å²) in [6, 6.07) is 5.94. The lowest BCUT2D eigenvalue weighted by atomic mass is 10.1. The minimum absolute atomic E-state index is 0.167. The van der Waals surface area contributed by atoms with E-state index in [1.807, 2.05) is 32.0 Å². The Kier molecular flexibility index (Phi) is 3.22. The molecule has 0 atom stereocenters. The van der Waals surface area contributed by atoms with Gasteiger partial charge in [-0.3, -0.25) is 4.79 Å². The zero-order chi connectivity index (χ0) is 14.1. The third-order valence-corrected chi connectivity index (χ3v) is 3.51. The van der Waals surface area contributed by atoms with Gasteiger partial charge in [0.25, 0.3) is 5.91 Å². The fourth-order valence-electron chi connectivity index (χ4n) is 2.16. The van der Waals surface area contributed by atoms with Crippen molar-refractivity contribution in [3.05, 3.63) is 53.1 Å². The summed E-state index contributed by atoms with van der Waals surface area (Å²) in [6.07, 6.45) is 5.54. The molecule has 3 rings (SSSR count). The van der Waals surface area contributed by atoms with Gasteiger partial charge >= 0.3 is 0 Å². The normalized spacial score (nSPS) is 14.1. The average Bonchev–Trinajstić information content (AvgIpc) is 3.26. The summed E-state index contributed by atoms with van der Waals surface area (Å²) >= 11 is 0. The Morgan fingerprint density at radius 1 is 1.20 bits per heavy atom. The monoisotopic (exact) mass is 267 g/mol. The van der Waals surface area contributed by atoms with E-state index in [0.29, 0.717) is 11.5 Å². The van der Waals surface area contributed by atoms with Crippen molar-refractivity contribution >= 4 is 11.6 Å². The summed E-state index contributed by atoms with van der Waals surface area (Å²) in [7, 11) is 0. The molecule has 4 nitrogen and oxygen atoms in total. The Balaban J connectivity index is 1.74. The molecule has 1 heterocycles. The summed E-state index contributed by atoms with van der Waals surface area (Å²) in [5.41, 5.74) is 3.55. The van der Waals surface area contributed by atoms with Crippen LogP contribution in [0.2, 0.25) is 0 Å². The van der Waals surface area contributed by atoms with Crippen LogP contribution in [-0.2, 0) is 0 Å². The quantitative estimate of drug-likeness (QED) is 0.929. The molecule has 0 bridgehead atoms. The number of aryl methyl sites for hydroxylation is 2. The second-order valence-electron chi connectivity index (χ2n) is 5.38. The molecule has 1 aliphatic carbocycles. The third kappa shape index (κ3) is 2.69. The van der Waals surface area contributed by atoms with Crippen molar-refractivity contribution in [3.63, 3.8) is 0 Å². The number of anilines is 1. The molecule has 1 aliphatic rings. The number of rotatable bonds is 3. The summed E-state index contributed by atoms with van der Waals surface area (Å²) in [4.78, 5) is 20.7. The standard InChI is InChI=1S/C16H17N3O/c1-10-3-6-14(11(2)7-10)19-16(20)13-8-17-15(18-9-13)12-4-5-12/h3,6-9,12H,4-5H2,1-2H3,(H,19,20). The largest absolute Gasteiger partial charge is 0.322 e. The molecular weight excluding hydrogens is 250 g/mol. The van der Waals surface area contributed by atoms with Gasteiger partial charge in [0, 0.05) is 24.0 Å². The highest BCUT2D eigenvalue weighted by atomic mass is 16.1. The molecule has 102 valence electrons. The van der Waals surface area contributed by atoms with Gasteiger partial charge in [0.2, 0.25) is 0 Å². The van der Waals surface area contributed by atoms with E-state index in [9.17, 15) is 4.79 Å². The maximum Gasteiger partial charge on any atom is 0.258 e. The first-order chi connectivity index (χ1) is 9.63. The molecule has 1 fully saturated rings. The van der Waals surface area contributed by atoms with Crippen LogP contribution in [0.4, 0.5) is 5.69 Å². The molecule has 0 saturated heterocycles. The van der Waals surface area contributed by atoms with E-state index in [0.717, 1.165) is 29.9 Å². The molecule has 1 N–H and O–H groups in total. The van der Waals surface area contributed by atoms with Gasteiger partial charge in [0.15, 0.2) is 0 Å². The lowest BCUT2D eigenvalue weighted by Crippen LogP contribution is -2.14. The van der Waals surface area contributed by atoms with Gasteiger partial charge in [-0.1, -0.05) is 17.7 Å². The van der Waals surface area contributed by atoms with Crippen LogP contribution in [-0.4, -0.2) is 15.9 Å². The van der Waals surface area contributed by atoms with Gasteiger partial charge in [0.1, 0.15) is 5.82 Å². The Morgan fingerprint density at radius 3 is 2.50 bits per heavy atom. The number of benzene rings is 1. The van der Waals surface area contributed by atoms with E-state index in [1.54, 1.807) is 12.4 Å². The van der Waals surface area contributed by atoms with Crippen molar-refractivity contribution < 1.29 is 4.79 Å². The summed E-state index contributed by atoms with van der Waals surface area (Å²) in [5, 5.41) is 2.90. The van der Waals surface area contributed by atoms with Crippen LogP contribution in [0.15, 0.2) is 30.6 Å². The Bertz CT molecular complexity index is 645. The van der Waals surface area contributed by atoms with Crippen LogP contribution in [0.5, 0.6) is 0 Å². The predicted molar refractivity (Wildman–Crippen MR) is 77.9 cm³/mol. The Morgan fingerprint density at radius 2 is 1.90 bits per heavy atom. The van der Waals surface area contributed by atoms with Crippen LogP contribution in [0, 0.1) is 13.8 Å². The first kappa shape index (κ1) is 12.8. The molecule has 1 amide bonds. The molecule has 1 aromatic carbocycles. The fraction of sp³-hybridized carbons (Fsp3) is 0.312. The first-order valence-electron chi connectivity index (χ1n) is 6.84. The number of hydrogen-bond donors (Lipinski definition) is 1. The molecule has 0 unspecified atom stereocenters. The van der Waals surface area contributed by atoms with Crippen molar-refractivity contribution in [1.29, 1.82) is 0 Å². The fourth-order valence-corrected chi connectivity index (χ4v) is 2.16. The SMILES string of the molecule is Cc1ccc(NC(=O)c2cnc(C3CC3)nc2)c(C)c1. The topological polar surface area (TPSA) is 54.9 Å². The number of nitrogens with zero attached hydrogens (tertiary/aromatic N) is 2. The zero-order valence-corrected chi connectivity index (χ0v) is 11.7. The van der Waals surface area contributed by atoms with Crippen molar-refractivity contribution in [3.8, 4) is 0 Å². The first-order valence-corrected chi connectivity index (χ1v) is 6.84. The molecular formula is C16H17N3O. The van der Waals surface area contributed by atoms with E-state index in [-0.39, 0.29) is 5.91 Å². The van der Waals surface area contributed by atoms with Crippen LogP contribution in [0.25, 0.3) is 0 Å². The summed E-state index contributed by atoms with van der Waals surface area (Å²) < 4.78 is 0. The second-order valence-corrected chi connectivity index (χ2v) is 5.38. The van der Waals surface area contributed by atoms with E-state index in [1.165, 1.54) is 5.56 Å². The molecule has 0 radical (unpaired) electrons. The zero-order valence-electron chi connectivity index (χ0n) is 11.7. The minimum Gasteiger partial charge on any atom is -0.322 e. The maximum atomic E-state index is 12.2. The lowest BCUT2D eigenvalue weighted by molar-refractivity contribution is 0.102. The highest BCUT2D eigenvalue weighted by Gasteiger charge is 2.26. The highest BCUT2D eigenvalue weighted by molar-refractivity contribution is 6.04. The van der Waals surface area contributed by atoms with E-state index < -0.39 is 0 Å². The van der Waals surface area contributed by atoms with Crippen LogP contribution in [0.1, 0.15) is 46.1 Å². The smallest absolute Gasteiger partial charge is 0.258 e. The second kappa shape index (κ2) is 5.04. The summed E-state index contributed by atoms with van der Waals surface area (Å²) in [5.74, 6) is 1.19. The van der Waals surface area contributed by atoms with Crippen molar-refractivity contribution in [2.24, 2.45) is 0 Å². The number of aromatic nitrogens is 2. The van der Waals surface area contributed by atoms with Crippen molar-refractivity contribution in [1.82, 2.24) is 9.97 Å². The van der Waals surface area contributed by atoms with Gasteiger partial charge in [-0.25, -0.2) is 9.97 Å². The average molecular weight is 267 g/mol. The molecule has 20 heavy (non-hydrogen) atoms. The van der Waals surface area contributed by atoms with Gasteiger partial charge in [-0.05, 0) is 38.3 Å². The van der Waals surface area contributed by atoms with Crippen LogP contribution >= 0.6 is 0 Å². The molecule has 1 saturated carbocycles. The van der Waals surface area contributed by atoms with E-state index in [2.05, 4.69) is 15.3 Å². The third-order valence-electron chi connectivity index (χ3n) is 3.51. The number of carbonyl (C=O) groups is 1. The van der Waals surface area contributed by atoms with Crippen LogP contribution < -0.4 is 5.32 Å². The minimum atomic E-state index is -0.167. The Hall–Kier alpha value is -2.23. The van der Waals surface area contributed by atoms with Crippen molar-refractivity contribution in [2.45, 2.75) is 32.6 Å². The number of amides is 1. The van der Waals surface area contributed by atoms with Gasteiger partial charge in [0.05, 0.1) is 5.56 Å². The highest BCUT2D eigenvalue weighted by Crippen LogP contribution is 2.37. The van der Waals surface area contributed by atoms with Crippen LogP contribution in [0.3, 0.4) is 0 Å². The molecule has 0 aliphatic heterocycles. The van der Waals surface area contributed by atoms with E-state index >= 15 is 0 Å². The molecule has 0 spiro atoms. The maximum absolute atomic E-state index is 12.2. The molecule has 2 aromatic rings. The number of carbonyl (C=O) groups excluding carboxylic acids is 1. The summed E-state index contributed by atoms with van der Waals surface area (Å²) in [6.45, 7) is 4.01. The van der Waals surface area contributed by atoms with Gasteiger partial charge in [-0.2, -0.15) is 0 Å². The number of nitrogens with one attached hydrogen (secondary N) is 1. The van der Waals surface area contributed by atoms with E-state index in [4.69, 9.17) is 0 Å². The molecule has 4 heteroatoms. The van der Waals surface area contributed by atoms with Gasteiger partial charge in [-0.15, -0.1) is 0 Å². The number of hydrogen-bond acceptors (Lipinski definition) is 3. The molecule has 1 aromatic heterocycles. The van der Waals surface area contributed by atoms with Crippen molar-refractivity contribution in [2.75, 3.05) is 5.32 Å². The predicted octanol–water partition coefficient (Wildman–Crippen LogP) is 3.22.